The molecule has 0 heterocycles. The van der Waals surface area contributed by atoms with Crippen LogP contribution in [0, 0.1) is 23.7 Å². The summed E-state index contributed by atoms with van der Waals surface area (Å²) in [5.74, 6) is -4.88. The minimum absolute atomic E-state index is 0.301. The van der Waals surface area contributed by atoms with Crippen LogP contribution in [0.4, 0.5) is 11.4 Å². The van der Waals surface area contributed by atoms with Gasteiger partial charge in [-0.15, -0.1) is 0 Å². The fourth-order valence-electron chi connectivity index (χ4n) is 4.59. The number of carboxylic acids is 2. The molecule has 4 N–H and O–H groups in total. The molecule has 4 atom stereocenters. The van der Waals surface area contributed by atoms with Crippen LogP contribution in [0.3, 0.4) is 0 Å². The van der Waals surface area contributed by atoms with Gasteiger partial charge in [-0.25, -0.2) is 0 Å². The van der Waals surface area contributed by atoms with E-state index in [-0.39, 0.29) is 11.8 Å². The summed E-state index contributed by atoms with van der Waals surface area (Å²) in [6, 6.07) is 6.56. The lowest BCUT2D eigenvalue weighted by molar-refractivity contribution is -0.148. The number of carbonyl (C=O) groups excluding carboxylic acids is 2. The van der Waals surface area contributed by atoms with Crippen LogP contribution in [0.1, 0.15) is 51.4 Å². The molecule has 2 fully saturated rings. The zero-order valence-corrected chi connectivity index (χ0v) is 16.8. The van der Waals surface area contributed by atoms with Crippen molar-refractivity contribution in [1.82, 2.24) is 0 Å². The summed E-state index contributed by atoms with van der Waals surface area (Å²) in [7, 11) is 0. The number of hydrogen-bond acceptors (Lipinski definition) is 4. The summed E-state index contributed by atoms with van der Waals surface area (Å²) in [6.07, 6.45) is 5.45. The minimum Gasteiger partial charge on any atom is -0.481 e. The van der Waals surface area contributed by atoms with Crippen LogP contribution in [0.15, 0.2) is 24.3 Å². The topological polar surface area (TPSA) is 133 Å². The van der Waals surface area contributed by atoms with Crippen LogP contribution in [-0.2, 0) is 19.2 Å². The molecule has 0 radical (unpaired) electrons. The summed E-state index contributed by atoms with van der Waals surface area (Å²) >= 11 is 0. The molecule has 8 heteroatoms. The molecular weight excluding hydrogens is 388 g/mol. The number of nitrogens with one attached hydrogen (secondary N) is 2. The fourth-order valence-corrected chi connectivity index (χ4v) is 4.59. The van der Waals surface area contributed by atoms with Crippen molar-refractivity contribution in [3.63, 3.8) is 0 Å². The Bertz CT molecular complexity index is 739. The molecule has 3 rings (SSSR count). The maximum absolute atomic E-state index is 12.6. The summed E-state index contributed by atoms with van der Waals surface area (Å²) in [5.41, 5.74) is 1.04. The van der Waals surface area contributed by atoms with Gasteiger partial charge in [-0.3, -0.25) is 19.2 Å². The van der Waals surface area contributed by atoms with E-state index in [4.69, 9.17) is 0 Å². The lowest BCUT2D eigenvalue weighted by Gasteiger charge is -2.27. The lowest BCUT2D eigenvalue weighted by Crippen LogP contribution is -2.36. The molecule has 162 valence electrons. The predicted octanol–water partition coefficient (Wildman–Crippen LogP) is 3.35. The first-order valence-electron chi connectivity index (χ1n) is 10.5. The van der Waals surface area contributed by atoms with Crippen molar-refractivity contribution < 1.29 is 29.4 Å². The third-order valence-electron chi connectivity index (χ3n) is 6.26. The lowest BCUT2D eigenvalue weighted by atomic mass is 9.78. The zero-order chi connectivity index (χ0) is 21.7. The fraction of sp³-hybridized carbons (Fsp3) is 0.545. The van der Waals surface area contributed by atoms with E-state index in [1.807, 2.05) is 0 Å². The van der Waals surface area contributed by atoms with E-state index in [9.17, 15) is 29.4 Å². The normalized spacial score (nSPS) is 26.4. The Morgan fingerprint density at radius 1 is 0.600 bits per heavy atom. The highest BCUT2D eigenvalue weighted by molar-refractivity contribution is 5.97. The van der Waals surface area contributed by atoms with Crippen LogP contribution in [0.5, 0.6) is 0 Å². The van der Waals surface area contributed by atoms with Crippen LogP contribution < -0.4 is 10.6 Å². The molecule has 1 aromatic rings. The third-order valence-corrected chi connectivity index (χ3v) is 6.26. The minimum atomic E-state index is -0.935. The van der Waals surface area contributed by atoms with Crippen LogP contribution >= 0.6 is 0 Å². The van der Waals surface area contributed by atoms with Crippen LogP contribution in [0.2, 0.25) is 0 Å². The molecule has 2 aliphatic carbocycles. The van der Waals surface area contributed by atoms with Gasteiger partial charge in [0.05, 0.1) is 23.7 Å². The molecule has 30 heavy (non-hydrogen) atoms. The number of carboxylic acid groups (broad SMARTS) is 2. The number of carbonyl (C=O) groups is 4. The van der Waals surface area contributed by atoms with E-state index in [2.05, 4.69) is 10.6 Å². The van der Waals surface area contributed by atoms with Gasteiger partial charge >= 0.3 is 11.9 Å². The maximum atomic E-state index is 12.6. The Morgan fingerprint density at radius 3 is 1.20 bits per heavy atom. The molecule has 8 nitrogen and oxygen atoms in total. The Balaban J connectivity index is 1.59. The Kier molecular flexibility index (Phi) is 7.07. The van der Waals surface area contributed by atoms with Crippen molar-refractivity contribution in [1.29, 1.82) is 0 Å². The second-order valence-electron chi connectivity index (χ2n) is 8.23. The smallest absolute Gasteiger partial charge is 0.307 e. The van der Waals surface area contributed by atoms with Crippen molar-refractivity contribution in [3.05, 3.63) is 24.3 Å². The van der Waals surface area contributed by atoms with E-state index in [0.717, 1.165) is 25.7 Å². The van der Waals surface area contributed by atoms with Crippen molar-refractivity contribution >= 4 is 35.1 Å². The van der Waals surface area contributed by atoms with Gasteiger partial charge in [0, 0.05) is 11.4 Å². The van der Waals surface area contributed by atoms with Crippen molar-refractivity contribution in [2.24, 2.45) is 23.7 Å². The van der Waals surface area contributed by atoms with Crippen molar-refractivity contribution in [2.45, 2.75) is 51.4 Å². The molecule has 0 spiro atoms. The van der Waals surface area contributed by atoms with Crippen molar-refractivity contribution in [2.75, 3.05) is 10.6 Å². The summed E-state index contributed by atoms with van der Waals surface area (Å²) in [4.78, 5) is 47.9. The molecule has 0 aromatic heterocycles. The average Bonchev–Trinajstić information content (AvgIpc) is 2.75. The number of aliphatic carboxylic acids is 2. The van der Waals surface area contributed by atoms with Crippen LogP contribution in [0.25, 0.3) is 0 Å². The number of rotatable bonds is 6. The number of hydrogen-bond donors (Lipinski definition) is 4. The van der Waals surface area contributed by atoms with E-state index >= 15 is 0 Å². The summed E-state index contributed by atoms with van der Waals surface area (Å²) < 4.78 is 0. The molecule has 0 saturated heterocycles. The van der Waals surface area contributed by atoms with Crippen molar-refractivity contribution in [3.8, 4) is 0 Å². The monoisotopic (exact) mass is 416 g/mol. The quantitative estimate of drug-likeness (QED) is 0.562. The SMILES string of the molecule is O=C(O)[C@H]1CCCC[C@@H]1C(=O)Nc1ccc(NC(=O)[C@@H]2CCCC[C@@H]2C(=O)O)cc1. The highest BCUT2D eigenvalue weighted by Crippen LogP contribution is 2.32. The van der Waals surface area contributed by atoms with E-state index in [0.29, 0.717) is 37.1 Å². The van der Waals surface area contributed by atoms with Gasteiger partial charge in [0.2, 0.25) is 11.8 Å². The third kappa shape index (κ3) is 5.17. The van der Waals surface area contributed by atoms with E-state index in [1.54, 1.807) is 24.3 Å². The van der Waals surface area contributed by atoms with Crippen LogP contribution in [-0.4, -0.2) is 34.0 Å². The first-order valence-corrected chi connectivity index (χ1v) is 10.5. The molecule has 2 saturated carbocycles. The van der Waals surface area contributed by atoms with E-state index < -0.39 is 35.6 Å². The van der Waals surface area contributed by atoms with Gasteiger partial charge in [0.25, 0.3) is 0 Å². The molecular formula is C22H28N2O6. The summed E-state index contributed by atoms with van der Waals surface area (Å²) in [6.45, 7) is 0. The highest BCUT2D eigenvalue weighted by Gasteiger charge is 2.36. The summed E-state index contributed by atoms with van der Waals surface area (Å²) in [5, 5.41) is 24.2. The second-order valence-corrected chi connectivity index (χ2v) is 8.23. The highest BCUT2D eigenvalue weighted by atomic mass is 16.4. The number of anilines is 2. The van der Waals surface area contributed by atoms with Gasteiger partial charge < -0.3 is 20.8 Å². The van der Waals surface area contributed by atoms with Gasteiger partial charge in [0.1, 0.15) is 0 Å². The number of amides is 2. The molecule has 2 amide bonds. The van der Waals surface area contributed by atoms with Gasteiger partial charge in [-0.1, -0.05) is 25.7 Å². The molecule has 0 aliphatic heterocycles. The molecule has 1 aromatic carbocycles. The molecule has 0 bridgehead atoms. The molecule has 2 aliphatic rings. The standard InChI is InChI=1S/C22H28N2O6/c25-19(15-5-1-3-7-17(15)21(27)28)23-13-9-11-14(12-10-13)24-20(26)16-6-2-4-8-18(16)22(29)30/h9-12,15-18H,1-8H2,(H,23,25)(H,24,26)(H,27,28)(H,29,30)/t15-,16+,17-,18-/m0/s1. The first kappa shape index (κ1) is 21.8. The van der Waals surface area contributed by atoms with Gasteiger partial charge in [0.15, 0.2) is 0 Å². The van der Waals surface area contributed by atoms with E-state index in [1.165, 1.54) is 0 Å². The Labute approximate surface area is 175 Å². The predicted molar refractivity (Wildman–Crippen MR) is 110 cm³/mol. The maximum Gasteiger partial charge on any atom is 0.307 e. The number of benzene rings is 1. The van der Waals surface area contributed by atoms with Gasteiger partial charge in [-0.2, -0.15) is 0 Å². The second kappa shape index (κ2) is 9.73. The Hall–Kier alpha value is -2.90. The average molecular weight is 416 g/mol. The zero-order valence-electron chi connectivity index (χ0n) is 16.8. The Morgan fingerprint density at radius 2 is 0.900 bits per heavy atom. The first-order chi connectivity index (χ1) is 14.4. The van der Waals surface area contributed by atoms with Gasteiger partial charge in [-0.05, 0) is 49.9 Å². The largest absolute Gasteiger partial charge is 0.481 e. The molecule has 0 unspecified atom stereocenters.